The van der Waals surface area contributed by atoms with Gasteiger partial charge in [-0.15, -0.1) is 11.3 Å². The van der Waals surface area contributed by atoms with Crippen molar-refractivity contribution in [1.29, 1.82) is 0 Å². The van der Waals surface area contributed by atoms with Crippen LogP contribution in [-0.4, -0.2) is 82.0 Å². The highest BCUT2D eigenvalue weighted by atomic mass is 32.2. The van der Waals surface area contributed by atoms with E-state index in [-0.39, 0.29) is 35.7 Å². The van der Waals surface area contributed by atoms with Gasteiger partial charge in [-0.2, -0.15) is 4.31 Å². The molecule has 1 aromatic heterocycles. The summed E-state index contributed by atoms with van der Waals surface area (Å²) in [6.07, 6.45) is -0.262. The molecule has 3 amide bonds. The highest BCUT2D eigenvalue weighted by Gasteiger charge is 2.30. The Morgan fingerprint density at radius 1 is 1.08 bits per heavy atom. The predicted molar refractivity (Wildman–Crippen MR) is 133 cm³/mol. The summed E-state index contributed by atoms with van der Waals surface area (Å²) in [6.45, 7) is 4.33. The second-order valence-corrected chi connectivity index (χ2v) is 11.4. The maximum atomic E-state index is 13.0. The Morgan fingerprint density at radius 3 is 2.44 bits per heavy atom. The molecule has 2 aromatic rings. The summed E-state index contributed by atoms with van der Waals surface area (Å²) in [5.41, 5.74) is 1.27. The second-order valence-electron chi connectivity index (χ2n) is 8.37. The Hall–Kier alpha value is -2.84. The van der Waals surface area contributed by atoms with Gasteiger partial charge in [-0.25, -0.2) is 13.2 Å². The summed E-state index contributed by atoms with van der Waals surface area (Å²) in [4.78, 5) is 40.9. The number of fused-ring (bicyclic) bond motifs is 1. The molecule has 1 saturated heterocycles. The molecule has 2 aliphatic heterocycles. The first-order chi connectivity index (χ1) is 17.2. The van der Waals surface area contributed by atoms with E-state index < -0.39 is 27.9 Å². The molecule has 0 spiro atoms. The van der Waals surface area contributed by atoms with Gasteiger partial charge in [0.1, 0.15) is 5.00 Å². The number of nitrogens with one attached hydrogen (secondary N) is 2. The summed E-state index contributed by atoms with van der Waals surface area (Å²) in [7, 11) is -1.72. The minimum absolute atomic E-state index is 0.0880. The van der Waals surface area contributed by atoms with Crippen molar-refractivity contribution in [3.05, 3.63) is 45.8 Å². The van der Waals surface area contributed by atoms with Crippen LogP contribution >= 0.6 is 11.3 Å². The van der Waals surface area contributed by atoms with Crippen molar-refractivity contribution in [3.63, 3.8) is 0 Å². The molecule has 36 heavy (non-hydrogen) atoms. The fourth-order valence-electron chi connectivity index (χ4n) is 4.07. The second kappa shape index (κ2) is 11.0. The van der Waals surface area contributed by atoms with Gasteiger partial charge in [-0.3, -0.25) is 14.9 Å². The first kappa shape index (κ1) is 26.2. The molecule has 0 bridgehead atoms. The zero-order valence-electron chi connectivity index (χ0n) is 20.0. The summed E-state index contributed by atoms with van der Waals surface area (Å²) >= 11 is 1.28. The normalized spacial score (nSPS) is 16.7. The maximum absolute atomic E-state index is 13.0. The van der Waals surface area contributed by atoms with E-state index in [4.69, 9.17) is 9.47 Å². The van der Waals surface area contributed by atoms with E-state index in [1.165, 1.54) is 39.9 Å². The van der Waals surface area contributed by atoms with Crippen LogP contribution in [0, 0.1) is 0 Å². The van der Waals surface area contributed by atoms with E-state index in [0.717, 1.165) is 17.0 Å². The van der Waals surface area contributed by atoms with Crippen molar-refractivity contribution in [1.82, 2.24) is 14.5 Å². The van der Waals surface area contributed by atoms with Gasteiger partial charge in [0.15, 0.2) is 0 Å². The Balaban J connectivity index is 1.55. The number of alkyl carbamates (subject to hydrolysis) is 1. The molecule has 4 rings (SSSR count). The van der Waals surface area contributed by atoms with E-state index in [0.29, 0.717) is 31.2 Å². The Morgan fingerprint density at radius 2 is 1.78 bits per heavy atom. The average molecular weight is 537 g/mol. The molecule has 0 atom stereocenters. The van der Waals surface area contributed by atoms with Gasteiger partial charge in [0.05, 0.1) is 30.3 Å². The van der Waals surface area contributed by atoms with Crippen LogP contribution < -0.4 is 10.6 Å². The van der Waals surface area contributed by atoms with E-state index in [1.807, 2.05) is 7.05 Å². The number of carbonyl (C=O) groups is 3. The fraction of sp³-hybridized carbons (Fsp3) is 0.435. The number of benzene rings is 1. The average Bonchev–Trinajstić information content (AvgIpc) is 3.21. The number of imide groups is 1. The zero-order valence-corrected chi connectivity index (χ0v) is 21.7. The van der Waals surface area contributed by atoms with Crippen molar-refractivity contribution in [2.75, 3.05) is 51.8 Å². The molecule has 0 aliphatic carbocycles. The SMILES string of the molecule is CCOC(=O)NC(=O)c1c(NC(=O)c2ccc(S(=O)(=O)N3CCOCC3)cc2)sc2c1CCN(C)C2. The lowest BCUT2D eigenvalue weighted by Gasteiger charge is -2.26. The minimum atomic E-state index is -3.68. The molecule has 1 aromatic carbocycles. The molecular weight excluding hydrogens is 508 g/mol. The van der Waals surface area contributed by atoms with E-state index >= 15 is 0 Å². The number of likely N-dealkylation sites (N-methyl/N-ethyl adjacent to an activating group) is 1. The molecule has 194 valence electrons. The van der Waals surface area contributed by atoms with Crippen LogP contribution in [0.25, 0.3) is 0 Å². The van der Waals surface area contributed by atoms with Gasteiger partial charge in [-0.1, -0.05) is 0 Å². The first-order valence-electron chi connectivity index (χ1n) is 11.5. The van der Waals surface area contributed by atoms with Crippen molar-refractivity contribution in [3.8, 4) is 0 Å². The molecule has 0 unspecified atom stereocenters. The molecule has 2 N–H and O–H groups in total. The number of sulfonamides is 1. The van der Waals surface area contributed by atoms with Gasteiger partial charge in [0.25, 0.3) is 11.8 Å². The summed E-state index contributed by atoms with van der Waals surface area (Å²) in [5, 5.41) is 5.32. The molecule has 0 radical (unpaired) electrons. The number of thiophene rings is 1. The highest BCUT2D eigenvalue weighted by Crippen LogP contribution is 2.37. The summed E-state index contributed by atoms with van der Waals surface area (Å²) < 4.78 is 37.1. The standard InChI is InChI=1S/C23H28N4O7S2/c1-3-34-23(30)25-21(29)19-17-8-9-26(2)14-18(17)35-22(19)24-20(28)15-4-6-16(7-5-15)36(31,32)27-10-12-33-13-11-27/h4-7H,3,8-14H2,1-2H3,(H,24,28)(H,25,29,30). The van der Waals surface area contributed by atoms with E-state index in [1.54, 1.807) is 6.92 Å². The van der Waals surface area contributed by atoms with Gasteiger partial charge in [0.2, 0.25) is 10.0 Å². The Labute approximate surface area is 213 Å². The number of hydrogen-bond acceptors (Lipinski definition) is 9. The molecular formula is C23H28N4O7S2. The van der Waals surface area contributed by atoms with Crippen LogP contribution in [0.15, 0.2) is 29.2 Å². The number of carbonyl (C=O) groups excluding carboxylic acids is 3. The molecule has 1 fully saturated rings. The Kier molecular flexibility index (Phi) is 8.05. The number of morpholine rings is 1. The van der Waals surface area contributed by atoms with Crippen LogP contribution in [0.1, 0.15) is 38.1 Å². The molecule has 13 heteroatoms. The third-order valence-electron chi connectivity index (χ3n) is 5.92. The summed E-state index contributed by atoms with van der Waals surface area (Å²) in [6, 6.07) is 5.65. The largest absolute Gasteiger partial charge is 0.450 e. The number of ether oxygens (including phenoxy) is 2. The number of rotatable bonds is 6. The highest BCUT2D eigenvalue weighted by molar-refractivity contribution is 7.89. The maximum Gasteiger partial charge on any atom is 0.414 e. The van der Waals surface area contributed by atoms with Crippen LogP contribution in [0.5, 0.6) is 0 Å². The number of hydrogen-bond donors (Lipinski definition) is 2. The van der Waals surface area contributed by atoms with Gasteiger partial charge in [0, 0.05) is 36.6 Å². The Bertz CT molecular complexity index is 1250. The third-order valence-corrected chi connectivity index (χ3v) is 8.96. The van der Waals surface area contributed by atoms with Gasteiger partial charge >= 0.3 is 6.09 Å². The monoisotopic (exact) mass is 536 g/mol. The van der Waals surface area contributed by atoms with Crippen LogP contribution in [0.2, 0.25) is 0 Å². The molecule has 11 nitrogen and oxygen atoms in total. The smallest absolute Gasteiger partial charge is 0.414 e. The van der Waals surface area contributed by atoms with Gasteiger partial charge in [-0.05, 0) is 50.2 Å². The molecule has 3 heterocycles. The lowest BCUT2D eigenvalue weighted by Crippen LogP contribution is -2.40. The van der Waals surface area contributed by atoms with Gasteiger partial charge < -0.3 is 19.7 Å². The third kappa shape index (κ3) is 5.60. The van der Waals surface area contributed by atoms with Crippen molar-refractivity contribution in [2.24, 2.45) is 0 Å². The van der Waals surface area contributed by atoms with Crippen LogP contribution in [0.3, 0.4) is 0 Å². The van der Waals surface area contributed by atoms with Crippen molar-refractivity contribution >= 4 is 44.3 Å². The number of nitrogens with zero attached hydrogens (tertiary/aromatic N) is 2. The number of amides is 3. The van der Waals surface area contributed by atoms with Crippen molar-refractivity contribution in [2.45, 2.75) is 24.8 Å². The topological polar surface area (TPSA) is 134 Å². The first-order valence-corrected chi connectivity index (χ1v) is 13.8. The molecule has 2 aliphatic rings. The number of anilines is 1. The lowest BCUT2D eigenvalue weighted by molar-refractivity contribution is 0.0730. The van der Waals surface area contributed by atoms with E-state index in [9.17, 15) is 22.8 Å². The fourth-order valence-corrected chi connectivity index (χ4v) is 6.80. The molecule has 0 saturated carbocycles. The minimum Gasteiger partial charge on any atom is -0.450 e. The van der Waals surface area contributed by atoms with Crippen molar-refractivity contribution < 1.29 is 32.3 Å². The van der Waals surface area contributed by atoms with Crippen LogP contribution in [-0.2, 0) is 32.5 Å². The van der Waals surface area contributed by atoms with Crippen LogP contribution in [0.4, 0.5) is 9.80 Å². The lowest BCUT2D eigenvalue weighted by atomic mass is 10.0. The predicted octanol–water partition coefficient (Wildman–Crippen LogP) is 1.90. The van der Waals surface area contributed by atoms with E-state index in [2.05, 4.69) is 15.5 Å². The zero-order chi connectivity index (χ0) is 25.9. The quantitative estimate of drug-likeness (QED) is 0.572. The summed E-state index contributed by atoms with van der Waals surface area (Å²) in [5.74, 6) is -1.14.